The first-order valence-corrected chi connectivity index (χ1v) is 10.8. The molecule has 9 heteroatoms. The molecule has 3 aromatic carbocycles. The Labute approximate surface area is 200 Å². The Bertz CT molecular complexity index is 1190. The molecule has 3 rings (SSSR count). The van der Waals surface area contributed by atoms with Gasteiger partial charge in [-0.3, -0.25) is 14.9 Å². The van der Waals surface area contributed by atoms with Gasteiger partial charge in [-0.05, 0) is 56.3 Å². The molecule has 0 aliphatic heterocycles. The molecule has 0 atom stereocenters. The van der Waals surface area contributed by atoms with Crippen LogP contribution in [0.5, 0.6) is 0 Å². The van der Waals surface area contributed by atoms with E-state index in [0.717, 1.165) is 0 Å². The van der Waals surface area contributed by atoms with Crippen LogP contribution in [0.4, 0.5) is 11.4 Å². The van der Waals surface area contributed by atoms with Crippen molar-refractivity contribution in [1.82, 2.24) is 0 Å². The molecule has 0 saturated carbocycles. The number of hydrogen-bond acceptors (Lipinski definition) is 5. The van der Waals surface area contributed by atoms with E-state index >= 15 is 0 Å². The van der Waals surface area contributed by atoms with Gasteiger partial charge in [0.05, 0.1) is 23.6 Å². The summed E-state index contributed by atoms with van der Waals surface area (Å²) >= 11 is 12.7. The maximum atomic E-state index is 13.5. The predicted octanol–water partition coefficient (Wildman–Crippen LogP) is 6.23. The number of hydrogen-bond donors (Lipinski definition) is 0. The highest BCUT2D eigenvalue weighted by Crippen LogP contribution is 2.30. The molecule has 7 nitrogen and oxygen atoms in total. The number of benzene rings is 3. The molecule has 33 heavy (non-hydrogen) atoms. The number of nitrogens with zero attached hydrogens (tertiary/aromatic N) is 2. The first-order valence-electron chi connectivity index (χ1n) is 10.00. The van der Waals surface area contributed by atoms with Crippen LogP contribution in [-0.2, 0) is 11.3 Å². The van der Waals surface area contributed by atoms with Gasteiger partial charge in [-0.2, -0.15) is 0 Å². The lowest BCUT2D eigenvalue weighted by Gasteiger charge is -2.24. The fraction of sp³-hybridized carbons (Fsp3) is 0.167. The molecule has 0 N–H and O–H groups in total. The van der Waals surface area contributed by atoms with Crippen LogP contribution in [0.25, 0.3) is 0 Å². The van der Waals surface area contributed by atoms with Crippen LogP contribution in [0, 0.1) is 17.0 Å². The minimum atomic E-state index is -0.532. The second-order valence-corrected chi connectivity index (χ2v) is 7.93. The number of rotatable bonds is 7. The number of aryl methyl sites for hydroxylation is 1. The van der Waals surface area contributed by atoms with Crippen LogP contribution < -0.4 is 4.90 Å². The second kappa shape index (κ2) is 10.5. The molecule has 1 amide bonds. The summed E-state index contributed by atoms with van der Waals surface area (Å²) in [5.74, 6) is -0.969. The Kier molecular flexibility index (Phi) is 7.68. The van der Waals surface area contributed by atoms with E-state index in [-0.39, 0.29) is 24.4 Å². The maximum absolute atomic E-state index is 13.5. The Balaban J connectivity index is 2.06. The molecule has 3 aromatic rings. The summed E-state index contributed by atoms with van der Waals surface area (Å²) in [4.78, 5) is 37.7. The van der Waals surface area contributed by atoms with Crippen LogP contribution in [0.15, 0.2) is 60.7 Å². The summed E-state index contributed by atoms with van der Waals surface area (Å²) in [5, 5.41) is 12.1. The molecule has 0 unspecified atom stereocenters. The molecular formula is C24H20Cl2N2O5. The van der Waals surface area contributed by atoms with E-state index in [9.17, 15) is 19.7 Å². The quantitative estimate of drug-likeness (QED) is 0.224. The van der Waals surface area contributed by atoms with Gasteiger partial charge in [-0.1, -0.05) is 35.3 Å². The van der Waals surface area contributed by atoms with Gasteiger partial charge in [0.2, 0.25) is 0 Å². The number of ether oxygens (including phenoxy) is 1. The Morgan fingerprint density at radius 1 is 1.00 bits per heavy atom. The van der Waals surface area contributed by atoms with E-state index in [2.05, 4.69) is 0 Å². The fourth-order valence-electron chi connectivity index (χ4n) is 3.21. The van der Waals surface area contributed by atoms with Crippen LogP contribution >= 0.6 is 23.2 Å². The predicted molar refractivity (Wildman–Crippen MR) is 127 cm³/mol. The molecule has 0 heterocycles. The zero-order valence-electron chi connectivity index (χ0n) is 17.9. The molecule has 0 aromatic heterocycles. The number of carbonyl (C=O) groups is 2. The number of carbonyl (C=O) groups excluding carboxylic acids is 2. The average molecular weight is 487 g/mol. The minimum Gasteiger partial charge on any atom is -0.462 e. The van der Waals surface area contributed by atoms with Crippen molar-refractivity contribution in [2.24, 2.45) is 0 Å². The van der Waals surface area contributed by atoms with Crippen molar-refractivity contribution in [3.8, 4) is 0 Å². The smallest absolute Gasteiger partial charge is 0.338 e. The molecule has 0 aliphatic rings. The zero-order valence-corrected chi connectivity index (χ0v) is 19.4. The van der Waals surface area contributed by atoms with E-state index < -0.39 is 16.8 Å². The summed E-state index contributed by atoms with van der Waals surface area (Å²) in [7, 11) is 0. The molecule has 170 valence electrons. The molecule has 0 aliphatic carbocycles. The number of esters is 1. The average Bonchev–Trinajstić information content (AvgIpc) is 2.79. The van der Waals surface area contributed by atoms with E-state index in [1.54, 1.807) is 56.3 Å². The van der Waals surface area contributed by atoms with Crippen LogP contribution in [-0.4, -0.2) is 23.4 Å². The van der Waals surface area contributed by atoms with Gasteiger partial charge in [-0.15, -0.1) is 0 Å². The van der Waals surface area contributed by atoms with Crippen molar-refractivity contribution in [3.63, 3.8) is 0 Å². The largest absolute Gasteiger partial charge is 0.462 e. The van der Waals surface area contributed by atoms with E-state index in [1.807, 2.05) is 0 Å². The SMILES string of the molecule is CCOC(=O)c1ccc(N(Cc2c(Cl)cccc2Cl)C(=O)c2ccc(C)c([N+](=O)[O-])c2)cc1. The third-order valence-corrected chi connectivity index (χ3v) is 5.67. The molecule has 0 bridgehead atoms. The summed E-state index contributed by atoms with van der Waals surface area (Å²) < 4.78 is 5.00. The Morgan fingerprint density at radius 3 is 2.18 bits per heavy atom. The van der Waals surface area contributed by atoms with Gasteiger partial charge >= 0.3 is 5.97 Å². The van der Waals surface area contributed by atoms with Crippen molar-refractivity contribution in [2.45, 2.75) is 20.4 Å². The highest BCUT2D eigenvalue weighted by molar-refractivity contribution is 6.36. The molecular weight excluding hydrogens is 467 g/mol. The van der Waals surface area contributed by atoms with Gasteiger partial charge < -0.3 is 9.64 Å². The summed E-state index contributed by atoms with van der Waals surface area (Å²) in [6.07, 6.45) is 0. The van der Waals surface area contributed by atoms with Gasteiger partial charge in [0.15, 0.2) is 0 Å². The Hall–Kier alpha value is -3.42. The van der Waals surface area contributed by atoms with Crippen molar-refractivity contribution in [3.05, 3.63) is 103 Å². The lowest BCUT2D eigenvalue weighted by molar-refractivity contribution is -0.385. The number of halogens is 2. The lowest BCUT2D eigenvalue weighted by Crippen LogP contribution is -2.31. The standard InChI is InChI=1S/C24H20Cl2N2O5/c1-3-33-24(30)16-9-11-18(12-10-16)27(14-19-20(25)5-4-6-21(19)26)23(29)17-8-7-15(2)22(13-17)28(31)32/h4-13H,3,14H2,1-2H3. The fourth-order valence-corrected chi connectivity index (χ4v) is 3.73. The van der Waals surface area contributed by atoms with Crippen molar-refractivity contribution < 1.29 is 19.2 Å². The first kappa shape index (κ1) is 24.2. The van der Waals surface area contributed by atoms with Crippen molar-refractivity contribution in [1.29, 1.82) is 0 Å². The normalized spacial score (nSPS) is 10.5. The van der Waals surface area contributed by atoms with Gasteiger partial charge in [0, 0.05) is 38.5 Å². The van der Waals surface area contributed by atoms with Gasteiger partial charge in [-0.25, -0.2) is 4.79 Å². The van der Waals surface area contributed by atoms with Crippen molar-refractivity contribution in [2.75, 3.05) is 11.5 Å². The van der Waals surface area contributed by atoms with Crippen LogP contribution in [0.2, 0.25) is 10.0 Å². The van der Waals surface area contributed by atoms with Crippen molar-refractivity contribution >= 4 is 46.5 Å². The van der Waals surface area contributed by atoms with Gasteiger partial charge in [0.25, 0.3) is 11.6 Å². The lowest BCUT2D eigenvalue weighted by atomic mass is 10.1. The maximum Gasteiger partial charge on any atom is 0.338 e. The second-order valence-electron chi connectivity index (χ2n) is 7.12. The third-order valence-electron chi connectivity index (χ3n) is 4.97. The van der Waals surface area contributed by atoms with Crippen LogP contribution in [0.3, 0.4) is 0 Å². The van der Waals surface area contributed by atoms with Gasteiger partial charge in [0.1, 0.15) is 0 Å². The minimum absolute atomic E-state index is 0.0117. The topological polar surface area (TPSA) is 89.8 Å². The van der Waals surface area contributed by atoms with E-state index in [1.165, 1.54) is 23.1 Å². The number of anilines is 1. The van der Waals surface area contributed by atoms with E-state index in [4.69, 9.17) is 27.9 Å². The summed E-state index contributed by atoms with van der Waals surface area (Å²) in [5.41, 5.74) is 1.71. The monoisotopic (exact) mass is 486 g/mol. The zero-order chi connectivity index (χ0) is 24.1. The molecule has 0 spiro atoms. The molecule has 0 fully saturated rings. The third kappa shape index (κ3) is 5.50. The highest BCUT2D eigenvalue weighted by Gasteiger charge is 2.23. The van der Waals surface area contributed by atoms with Crippen LogP contribution in [0.1, 0.15) is 38.8 Å². The number of nitro benzene ring substituents is 1. The number of nitro groups is 1. The molecule has 0 saturated heterocycles. The highest BCUT2D eigenvalue weighted by atomic mass is 35.5. The van der Waals surface area contributed by atoms with E-state index in [0.29, 0.717) is 32.4 Å². The summed E-state index contributed by atoms with van der Waals surface area (Å²) in [6, 6.07) is 15.6. The Morgan fingerprint density at radius 2 is 1.61 bits per heavy atom. The summed E-state index contributed by atoms with van der Waals surface area (Å²) in [6.45, 7) is 3.56. The number of amides is 1. The molecule has 0 radical (unpaired) electrons. The first-order chi connectivity index (χ1) is 15.7.